The van der Waals surface area contributed by atoms with E-state index in [-0.39, 0.29) is 0 Å². The van der Waals surface area contributed by atoms with Gasteiger partial charge in [0, 0.05) is 56.2 Å². The molecule has 1 aliphatic rings. The van der Waals surface area contributed by atoms with Gasteiger partial charge in [-0.15, -0.1) is 0 Å². The largest absolute Gasteiger partial charge is 0.466 e. The first-order chi connectivity index (χ1) is 12.6. The van der Waals surface area contributed by atoms with Crippen molar-refractivity contribution in [1.82, 2.24) is 19.6 Å². The Hall–Kier alpha value is -2.09. The van der Waals surface area contributed by atoms with E-state index in [1.54, 1.807) is 0 Å². The molecule has 2 aromatic heterocycles. The van der Waals surface area contributed by atoms with Crippen LogP contribution in [0.2, 0.25) is 0 Å². The van der Waals surface area contributed by atoms with Crippen LogP contribution in [0.5, 0.6) is 0 Å². The maximum atomic E-state index is 5.60. The second-order valence-electron chi connectivity index (χ2n) is 6.43. The smallest absolute Gasteiger partial charge is 0.205 e. The van der Waals surface area contributed by atoms with Crippen molar-refractivity contribution in [2.24, 2.45) is 4.99 Å². The Balaban J connectivity index is 1.62. The number of piperazine rings is 1. The first kappa shape index (κ1) is 18.7. The highest BCUT2D eigenvalue weighted by Gasteiger charge is 2.22. The minimum Gasteiger partial charge on any atom is -0.466 e. The summed E-state index contributed by atoms with van der Waals surface area (Å²) in [7, 11) is 0. The van der Waals surface area contributed by atoms with Gasteiger partial charge >= 0.3 is 0 Å². The molecule has 0 unspecified atom stereocenters. The van der Waals surface area contributed by atoms with Crippen LogP contribution in [0.15, 0.2) is 15.5 Å². The molecule has 0 bridgehead atoms. The fourth-order valence-electron chi connectivity index (χ4n) is 3.05. The molecule has 0 amide bonds. The lowest BCUT2D eigenvalue weighted by Crippen LogP contribution is -2.52. The number of aliphatic imine (C=N–C) groups is 1. The molecule has 1 saturated heterocycles. The first-order valence-corrected chi connectivity index (χ1v) is 10.0. The van der Waals surface area contributed by atoms with Gasteiger partial charge in [0.1, 0.15) is 17.3 Å². The molecular weight excluding hydrogens is 348 g/mol. The third-order valence-electron chi connectivity index (χ3n) is 4.50. The van der Waals surface area contributed by atoms with E-state index in [2.05, 4.69) is 44.4 Å². The zero-order chi connectivity index (χ0) is 18.5. The second-order valence-corrected chi connectivity index (χ2v) is 7.16. The number of hydrogen-bond donors (Lipinski definition) is 1. The number of furan rings is 1. The fourth-order valence-corrected chi connectivity index (χ4v) is 3.85. The van der Waals surface area contributed by atoms with Gasteiger partial charge in [0.25, 0.3) is 0 Å². The Kier molecular flexibility index (Phi) is 6.13. The molecule has 7 nitrogen and oxygen atoms in total. The van der Waals surface area contributed by atoms with Gasteiger partial charge in [0.15, 0.2) is 5.96 Å². The summed E-state index contributed by atoms with van der Waals surface area (Å²) in [5.41, 5.74) is 1.15. The summed E-state index contributed by atoms with van der Waals surface area (Å²) >= 11 is 1.50. The fraction of sp³-hybridized carbons (Fsp3) is 0.611. The molecule has 1 fully saturated rings. The Morgan fingerprint density at radius 3 is 2.62 bits per heavy atom. The molecule has 0 spiro atoms. The lowest BCUT2D eigenvalue weighted by atomic mass is 10.2. The molecule has 0 radical (unpaired) electrons. The van der Waals surface area contributed by atoms with Gasteiger partial charge in [-0.1, -0.05) is 6.92 Å². The van der Waals surface area contributed by atoms with E-state index in [0.717, 1.165) is 73.1 Å². The molecule has 3 rings (SSSR count). The van der Waals surface area contributed by atoms with E-state index < -0.39 is 0 Å². The molecule has 0 saturated carbocycles. The molecular formula is C18H28N6OS. The SMILES string of the molecule is CCNC(=NCc1cc(C)oc1C)N1CCN(c2nc(CC)ns2)CC1. The van der Waals surface area contributed by atoms with Crippen molar-refractivity contribution in [2.75, 3.05) is 37.6 Å². The summed E-state index contributed by atoms with van der Waals surface area (Å²) in [5, 5.41) is 4.45. The minimum absolute atomic E-state index is 0.641. The summed E-state index contributed by atoms with van der Waals surface area (Å²) in [4.78, 5) is 14.1. The van der Waals surface area contributed by atoms with Crippen LogP contribution in [0.1, 0.15) is 36.8 Å². The number of hydrogen-bond acceptors (Lipinski definition) is 6. The topological polar surface area (TPSA) is 69.8 Å². The van der Waals surface area contributed by atoms with Crippen molar-refractivity contribution in [3.8, 4) is 0 Å². The van der Waals surface area contributed by atoms with Gasteiger partial charge in [-0.2, -0.15) is 4.37 Å². The molecule has 0 aromatic carbocycles. The Bertz CT molecular complexity index is 745. The minimum atomic E-state index is 0.641. The van der Waals surface area contributed by atoms with Crippen LogP contribution in [0.3, 0.4) is 0 Å². The summed E-state index contributed by atoms with van der Waals surface area (Å²) in [6, 6.07) is 2.07. The van der Waals surface area contributed by atoms with E-state index in [9.17, 15) is 0 Å². The van der Waals surface area contributed by atoms with Crippen LogP contribution < -0.4 is 10.2 Å². The van der Waals surface area contributed by atoms with Gasteiger partial charge in [0.2, 0.25) is 5.13 Å². The molecule has 8 heteroatoms. The molecule has 26 heavy (non-hydrogen) atoms. The summed E-state index contributed by atoms with van der Waals surface area (Å²) in [5.74, 6) is 3.80. The number of aryl methyl sites for hydroxylation is 3. The number of nitrogens with one attached hydrogen (secondary N) is 1. The number of rotatable bonds is 5. The number of anilines is 1. The van der Waals surface area contributed by atoms with Crippen LogP contribution in [0.25, 0.3) is 0 Å². The summed E-state index contributed by atoms with van der Waals surface area (Å²) in [6.07, 6.45) is 0.889. The molecule has 2 aromatic rings. The van der Waals surface area contributed by atoms with E-state index >= 15 is 0 Å². The van der Waals surface area contributed by atoms with Gasteiger partial charge < -0.3 is 19.5 Å². The Labute approximate surface area is 159 Å². The monoisotopic (exact) mass is 376 g/mol. The zero-order valence-electron chi connectivity index (χ0n) is 16.1. The average molecular weight is 377 g/mol. The highest BCUT2D eigenvalue weighted by Crippen LogP contribution is 2.19. The van der Waals surface area contributed by atoms with Gasteiger partial charge in [0.05, 0.1) is 6.54 Å². The van der Waals surface area contributed by atoms with Gasteiger partial charge in [-0.25, -0.2) is 9.98 Å². The highest BCUT2D eigenvalue weighted by atomic mass is 32.1. The van der Waals surface area contributed by atoms with Crippen LogP contribution in [-0.4, -0.2) is 52.9 Å². The van der Waals surface area contributed by atoms with Crippen LogP contribution in [-0.2, 0) is 13.0 Å². The Morgan fingerprint density at radius 1 is 1.27 bits per heavy atom. The second kappa shape index (κ2) is 8.53. The Morgan fingerprint density at radius 2 is 2.04 bits per heavy atom. The predicted molar refractivity (Wildman–Crippen MR) is 106 cm³/mol. The van der Waals surface area contributed by atoms with Crippen molar-refractivity contribution >= 4 is 22.6 Å². The van der Waals surface area contributed by atoms with Crippen molar-refractivity contribution in [3.63, 3.8) is 0 Å². The lowest BCUT2D eigenvalue weighted by molar-refractivity contribution is 0.372. The predicted octanol–water partition coefficient (Wildman–Crippen LogP) is 2.60. The van der Waals surface area contributed by atoms with Crippen molar-refractivity contribution < 1.29 is 4.42 Å². The third-order valence-corrected chi connectivity index (χ3v) is 5.32. The van der Waals surface area contributed by atoms with Crippen LogP contribution in [0, 0.1) is 13.8 Å². The van der Waals surface area contributed by atoms with Gasteiger partial charge in [-0.05, 0) is 26.8 Å². The van der Waals surface area contributed by atoms with E-state index in [4.69, 9.17) is 9.41 Å². The quantitative estimate of drug-likeness (QED) is 0.639. The number of nitrogens with zero attached hydrogens (tertiary/aromatic N) is 5. The number of aromatic nitrogens is 2. The number of guanidine groups is 1. The van der Waals surface area contributed by atoms with Crippen LogP contribution in [0.4, 0.5) is 5.13 Å². The normalized spacial score (nSPS) is 15.6. The summed E-state index contributed by atoms with van der Waals surface area (Å²) in [6.45, 7) is 13.4. The molecule has 0 atom stereocenters. The van der Waals surface area contributed by atoms with E-state index in [1.165, 1.54) is 11.5 Å². The molecule has 1 N–H and O–H groups in total. The summed E-state index contributed by atoms with van der Waals surface area (Å²) < 4.78 is 10.0. The maximum absolute atomic E-state index is 5.60. The van der Waals surface area contributed by atoms with Crippen molar-refractivity contribution in [2.45, 2.75) is 40.7 Å². The molecule has 3 heterocycles. The van der Waals surface area contributed by atoms with Crippen LogP contribution >= 0.6 is 11.5 Å². The zero-order valence-corrected chi connectivity index (χ0v) is 16.9. The highest BCUT2D eigenvalue weighted by molar-refractivity contribution is 7.09. The standard InChI is InChI=1S/C18H28N6OS/c1-5-16-21-18(26-22-16)24-9-7-23(8-10-24)17(19-6-2)20-12-15-11-13(3)25-14(15)4/h11H,5-10,12H2,1-4H3,(H,19,20). The molecule has 142 valence electrons. The maximum Gasteiger partial charge on any atom is 0.205 e. The van der Waals surface area contributed by atoms with E-state index in [0.29, 0.717) is 6.54 Å². The van der Waals surface area contributed by atoms with E-state index in [1.807, 2.05) is 13.8 Å². The molecule has 1 aliphatic heterocycles. The van der Waals surface area contributed by atoms with Gasteiger partial charge in [-0.3, -0.25) is 0 Å². The van der Waals surface area contributed by atoms with Crippen molar-refractivity contribution in [3.05, 3.63) is 29.0 Å². The third kappa shape index (κ3) is 4.35. The first-order valence-electron chi connectivity index (χ1n) is 9.27. The lowest BCUT2D eigenvalue weighted by Gasteiger charge is -2.36. The average Bonchev–Trinajstić information content (AvgIpc) is 3.25. The van der Waals surface area contributed by atoms with Crippen molar-refractivity contribution in [1.29, 1.82) is 0 Å². The molecule has 0 aliphatic carbocycles.